The normalized spacial score (nSPS) is 20.3. The predicted molar refractivity (Wildman–Crippen MR) is 84.3 cm³/mol. The number of rotatable bonds is 1. The number of ether oxygens (including phenoxy) is 1. The van der Waals surface area contributed by atoms with Crippen LogP contribution in [0.1, 0.15) is 54.3 Å². The van der Waals surface area contributed by atoms with Crippen LogP contribution in [-0.2, 0) is 14.0 Å². The van der Waals surface area contributed by atoms with E-state index in [1.54, 1.807) is 13.1 Å². The molecule has 7 heteroatoms. The van der Waals surface area contributed by atoms with Gasteiger partial charge in [0, 0.05) is 6.20 Å². The van der Waals surface area contributed by atoms with Gasteiger partial charge in [-0.3, -0.25) is 0 Å². The van der Waals surface area contributed by atoms with Gasteiger partial charge in [0.1, 0.15) is 11.4 Å². The second-order valence-electron chi connectivity index (χ2n) is 7.65. The van der Waals surface area contributed by atoms with Gasteiger partial charge >= 0.3 is 13.2 Å². The quantitative estimate of drug-likeness (QED) is 0.745. The van der Waals surface area contributed by atoms with Gasteiger partial charge in [-0.2, -0.15) is 0 Å². The van der Waals surface area contributed by atoms with E-state index in [9.17, 15) is 4.79 Å². The Bertz CT molecular complexity index is 571. The van der Waals surface area contributed by atoms with Gasteiger partial charge in [0.2, 0.25) is 0 Å². The minimum atomic E-state index is -0.590. The molecule has 0 aromatic carbocycles. The van der Waals surface area contributed by atoms with Crippen LogP contribution in [0.5, 0.6) is 0 Å². The Morgan fingerprint density at radius 2 is 1.73 bits per heavy atom. The Labute approximate surface area is 132 Å². The number of aryl methyl sites for hydroxylation is 1. The summed E-state index contributed by atoms with van der Waals surface area (Å²) in [6.07, 6.45) is 1.16. The lowest BCUT2D eigenvalue weighted by molar-refractivity contribution is 0.00578. The molecule has 2 heterocycles. The number of imidazole rings is 1. The highest BCUT2D eigenvalue weighted by Gasteiger charge is 2.52. The molecule has 1 aromatic rings. The molecule has 0 amide bonds. The number of hydrogen-bond acceptors (Lipinski definition) is 5. The highest BCUT2D eigenvalue weighted by atomic mass is 16.7. The summed E-state index contributed by atoms with van der Waals surface area (Å²) in [6.45, 7) is 15.1. The zero-order chi connectivity index (χ0) is 16.9. The van der Waals surface area contributed by atoms with Crippen LogP contribution in [-0.4, -0.2) is 39.6 Å². The molecule has 0 bridgehead atoms. The first kappa shape index (κ1) is 17.0. The third-order valence-electron chi connectivity index (χ3n) is 3.99. The standard InChI is InChI=1S/C15H25BN2O4/c1-10-17-11(9-18(10)12(19)20-13(2,3)4)16-21-14(5,6)15(7,8)22-16/h9H,1-8H3. The lowest BCUT2D eigenvalue weighted by Gasteiger charge is -2.32. The fourth-order valence-electron chi connectivity index (χ4n) is 2.07. The minimum Gasteiger partial charge on any atom is -0.443 e. The fourth-order valence-corrected chi connectivity index (χ4v) is 2.07. The van der Waals surface area contributed by atoms with E-state index in [1.807, 2.05) is 48.5 Å². The average Bonchev–Trinajstić information content (AvgIpc) is 2.75. The fraction of sp³-hybridized carbons (Fsp3) is 0.733. The van der Waals surface area contributed by atoms with Crippen molar-refractivity contribution in [1.82, 2.24) is 9.55 Å². The summed E-state index contributed by atoms with van der Waals surface area (Å²) in [4.78, 5) is 16.6. The summed E-state index contributed by atoms with van der Waals surface area (Å²) in [5.41, 5.74) is -0.872. The lowest BCUT2D eigenvalue weighted by atomic mass is 9.86. The van der Waals surface area contributed by atoms with E-state index in [1.165, 1.54) is 4.57 Å². The molecule has 1 aromatic heterocycles. The molecule has 1 saturated heterocycles. The average molecular weight is 308 g/mol. The molecule has 122 valence electrons. The molecule has 2 rings (SSSR count). The van der Waals surface area contributed by atoms with Gasteiger partial charge in [0.15, 0.2) is 0 Å². The van der Waals surface area contributed by atoms with Crippen LogP contribution in [0.15, 0.2) is 6.20 Å². The SMILES string of the molecule is Cc1nc(B2OC(C)(C)C(C)(C)O2)cn1C(=O)OC(C)(C)C. The molecule has 1 fully saturated rings. The van der Waals surface area contributed by atoms with Gasteiger partial charge in [0.05, 0.1) is 16.8 Å². The molecule has 0 N–H and O–H groups in total. The Hall–Kier alpha value is -1.34. The van der Waals surface area contributed by atoms with Gasteiger partial charge in [0.25, 0.3) is 0 Å². The molecule has 22 heavy (non-hydrogen) atoms. The summed E-state index contributed by atoms with van der Waals surface area (Å²) in [5, 5.41) is 0. The summed E-state index contributed by atoms with van der Waals surface area (Å²) in [7, 11) is -0.590. The molecule has 1 aliphatic heterocycles. The highest BCUT2D eigenvalue weighted by Crippen LogP contribution is 2.36. The Morgan fingerprint density at radius 1 is 1.23 bits per heavy atom. The van der Waals surface area contributed by atoms with Gasteiger partial charge in [-0.1, -0.05) is 0 Å². The van der Waals surface area contributed by atoms with Crippen molar-refractivity contribution in [2.75, 3.05) is 0 Å². The molecule has 0 saturated carbocycles. The number of aromatic nitrogens is 2. The van der Waals surface area contributed by atoms with Crippen molar-refractivity contribution in [3.05, 3.63) is 12.0 Å². The first-order valence-electron chi connectivity index (χ1n) is 7.47. The van der Waals surface area contributed by atoms with Gasteiger partial charge in [-0.15, -0.1) is 0 Å². The molecular formula is C15H25BN2O4. The van der Waals surface area contributed by atoms with Crippen molar-refractivity contribution < 1.29 is 18.8 Å². The van der Waals surface area contributed by atoms with Crippen molar-refractivity contribution >= 4 is 18.8 Å². The van der Waals surface area contributed by atoms with Crippen LogP contribution >= 0.6 is 0 Å². The van der Waals surface area contributed by atoms with Crippen LogP contribution in [0.4, 0.5) is 4.79 Å². The van der Waals surface area contributed by atoms with Crippen LogP contribution in [0.3, 0.4) is 0 Å². The summed E-state index contributed by atoms with van der Waals surface area (Å²) >= 11 is 0. The number of carbonyl (C=O) groups is 1. The number of hydrogen-bond donors (Lipinski definition) is 0. The van der Waals surface area contributed by atoms with Crippen molar-refractivity contribution in [1.29, 1.82) is 0 Å². The predicted octanol–water partition coefficient (Wildman–Crippen LogP) is 2.27. The van der Waals surface area contributed by atoms with Crippen LogP contribution < -0.4 is 5.59 Å². The van der Waals surface area contributed by atoms with Crippen molar-refractivity contribution in [3.63, 3.8) is 0 Å². The van der Waals surface area contributed by atoms with Crippen LogP contribution in [0.25, 0.3) is 0 Å². The van der Waals surface area contributed by atoms with Crippen LogP contribution in [0, 0.1) is 6.92 Å². The van der Waals surface area contributed by atoms with Crippen molar-refractivity contribution in [3.8, 4) is 0 Å². The maximum absolute atomic E-state index is 12.2. The number of carbonyl (C=O) groups excluding carboxylic acids is 1. The van der Waals surface area contributed by atoms with E-state index in [0.717, 1.165) is 0 Å². The Balaban J connectivity index is 2.23. The maximum Gasteiger partial charge on any atom is 0.516 e. The van der Waals surface area contributed by atoms with E-state index in [-0.39, 0.29) is 0 Å². The zero-order valence-corrected chi connectivity index (χ0v) is 14.7. The molecule has 0 atom stereocenters. The molecule has 0 radical (unpaired) electrons. The van der Waals surface area contributed by atoms with E-state index >= 15 is 0 Å². The first-order valence-corrected chi connectivity index (χ1v) is 7.47. The highest BCUT2D eigenvalue weighted by molar-refractivity contribution is 6.61. The number of nitrogens with zero attached hydrogens (tertiary/aromatic N) is 2. The summed E-state index contributed by atoms with van der Waals surface area (Å²) in [5.74, 6) is 0.541. The first-order chi connectivity index (χ1) is 9.82. The van der Waals surface area contributed by atoms with E-state index in [2.05, 4.69) is 4.98 Å². The molecule has 6 nitrogen and oxygen atoms in total. The molecule has 0 unspecified atom stereocenters. The summed E-state index contributed by atoms with van der Waals surface area (Å²) in [6, 6.07) is 0. The van der Waals surface area contributed by atoms with Crippen LogP contribution in [0.2, 0.25) is 0 Å². The van der Waals surface area contributed by atoms with E-state index in [4.69, 9.17) is 14.0 Å². The third kappa shape index (κ3) is 3.20. The summed E-state index contributed by atoms with van der Waals surface area (Å²) < 4.78 is 18.6. The van der Waals surface area contributed by atoms with Gasteiger partial charge in [-0.05, 0) is 55.4 Å². The minimum absolute atomic E-state index is 0.443. The molecule has 1 aliphatic rings. The maximum atomic E-state index is 12.2. The van der Waals surface area contributed by atoms with E-state index < -0.39 is 30.0 Å². The van der Waals surface area contributed by atoms with Gasteiger partial charge in [-0.25, -0.2) is 14.3 Å². The van der Waals surface area contributed by atoms with Crippen molar-refractivity contribution in [2.24, 2.45) is 0 Å². The monoisotopic (exact) mass is 308 g/mol. The topological polar surface area (TPSA) is 62.6 Å². The zero-order valence-electron chi connectivity index (χ0n) is 14.7. The van der Waals surface area contributed by atoms with Gasteiger partial charge < -0.3 is 14.0 Å². The Kier molecular flexibility index (Phi) is 3.94. The Morgan fingerprint density at radius 3 is 2.18 bits per heavy atom. The van der Waals surface area contributed by atoms with E-state index in [0.29, 0.717) is 11.4 Å². The smallest absolute Gasteiger partial charge is 0.443 e. The third-order valence-corrected chi connectivity index (χ3v) is 3.99. The second kappa shape index (κ2) is 5.10. The lowest BCUT2D eigenvalue weighted by Crippen LogP contribution is -2.41. The largest absolute Gasteiger partial charge is 0.516 e. The molecule has 0 spiro atoms. The second-order valence-corrected chi connectivity index (χ2v) is 7.65. The van der Waals surface area contributed by atoms with Crippen molar-refractivity contribution in [2.45, 2.75) is 72.2 Å². The molecule has 0 aliphatic carbocycles. The molecular weight excluding hydrogens is 283 g/mol.